The summed E-state index contributed by atoms with van der Waals surface area (Å²) in [7, 11) is 0. The Morgan fingerprint density at radius 2 is 0.228 bits per heavy atom. The van der Waals surface area contributed by atoms with Gasteiger partial charge in [0.15, 0.2) is 0 Å². The van der Waals surface area contributed by atoms with Crippen molar-refractivity contribution in [1.82, 2.24) is 22.8 Å². The fourth-order valence-electron chi connectivity index (χ4n) is 23.5. The molecule has 0 spiro atoms. The number of hydrogen-bond donors (Lipinski definition) is 0. The Labute approximate surface area is 862 Å². The van der Waals surface area contributed by atoms with E-state index < -0.39 is 0 Å². The average molecular weight is 1900 g/mol. The molecule has 0 fully saturated rings. The second kappa shape index (κ2) is 36.9. The van der Waals surface area contributed by atoms with Crippen molar-refractivity contribution in [3.8, 4) is 129 Å². The van der Waals surface area contributed by atoms with Crippen molar-refractivity contribution in [2.45, 2.75) is 0 Å². The minimum absolute atomic E-state index is 1.13. The quantitative estimate of drug-likeness (QED) is 0.0970. The Bertz CT molecular complexity index is 9830. The smallest absolute Gasteiger partial charge is 0.0541 e. The van der Waals surface area contributed by atoms with Crippen LogP contribution in [0, 0.1) is 0 Å². The van der Waals surface area contributed by atoms with Crippen molar-refractivity contribution in [3.05, 3.63) is 576 Å². The molecule has 30 aromatic rings. The highest BCUT2D eigenvalue weighted by Gasteiger charge is 2.23. The van der Waals surface area contributed by atoms with E-state index in [1.54, 1.807) is 0 Å². The third kappa shape index (κ3) is 15.5. The predicted molar refractivity (Wildman–Crippen MR) is 632 cm³/mol. The molecular weight excluding hydrogens is 1800 g/mol. The van der Waals surface area contributed by atoms with Gasteiger partial charge < -0.3 is 22.8 Å². The van der Waals surface area contributed by atoms with Crippen LogP contribution in [0.2, 0.25) is 0 Å². The van der Waals surface area contributed by atoms with E-state index in [2.05, 4.69) is 599 Å². The maximum absolute atomic E-state index is 2.44. The molecule has 5 heteroatoms. The Morgan fingerprint density at radius 1 is 0.0738 bits per heavy atom. The molecule has 0 unspecified atom stereocenters. The lowest BCUT2D eigenvalue weighted by atomic mass is 9.91. The van der Waals surface area contributed by atoms with Crippen LogP contribution < -0.4 is 0 Å². The molecule has 5 heterocycles. The Kier molecular flexibility index (Phi) is 21.6. The fraction of sp³-hybridized carbons (Fsp3) is 0. The monoisotopic (exact) mass is 1890 g/mol. The van der Waals surface area contributed by atoms with Gasteiger partial charge in [-0.1, -0.05) is 413 Å². The maximum Gasteiger partial charge on any atom is 0.0541 e. The summed E-state index contributed by atoms with van der Waals surface area (Å²) in [5, 5.41) is 20.5. The standard InChI is InChI=1S/2C48H32N2.C48H31N/c1-5-25-45-41(21-1)42-22-2-6-26-46(42)49(45)39-19-11-17-37(31-39)35-15-9-13-33(29-35)34-14-10-16-36(30-34)38-18-12-20-40(32-38)50-47-27-7-3-23-43(47)44-24-4-8-28-48(44)50;1-3-15-33(16-4-1)35-27-36(34-17-5-2-6-18-34)29-37(28-35)38-30-39(49-45-23-11-7-19-41(45)42-20-8-12-24-46(42)49)32-40(31-38)50-47-25-13-9-21-43(47)44-22-10-14-26-48(44)50;1-2-20-41-39(18-1)40-19-3-4-21-42(40)46-31-37(26-27-43(41)46)35-15-10-13-33(29-35)32-12-9-14-34(28-32)36-16-11-17-38(30-36)49-47-24-7-5-22-44(47)45-23-6-8-25-48(45)49/h2*1-32H;1-31H. The summed E-state index contributed by atoms with van der Waals surface area (Å²) >= 11 is 0. The zero-order chi connectivity index (χ0) is 98.4. The molecule has 5 nitrogen and oxygen atoms in total. The van der Waals surface area contributed by atoms with Crippen LogP contribution in [-0.4, -0.2) is 22.8 Å². The van der Waals surface area contributed by atoms with Gasteiger partial charge in [0, 0.05) is 82.3 Å². The van der Waals surface area contributed by atoms with Crippen molar-refractivity contribution in [1.29, 1.82) is 0 Å². The number of benzene rings is 25. The Hall–Kier alpha value is -19.7. The summed E-state index contributed by atoms with van der Waals surface area (Å²) in [5.41, 5.74) is 39.4. The molecule has 0 saturated heterocycles. The lowest BCUT2D eigenvalue weighted by molar-refractivity contribution is 1.13. The number of para-hydroxylation sites is 10. The van der Waals surface area contributed by atoms with Crippen LogP contribution in [0.25, 0.3) is 270 Å². The van der Waals surface area contributed by atoms with Crippen molar-refractivity contribution in [2.24, 2.45) is 0 Å². The molecule has 0 N–H and O–H groups in total. The molecule has 696 valence electrons. The number of rotatable bonds is 14. The normalized spacial score (nSPS) is 11.6. The van der Waals surface area contributed by atoms with Gasteiger partial charge in [-0.25, -0.2) is 0 Å². The van der Waals surface area contributed by atoms with E-state index in [0.29, 0.717) is 0 Å². The molecular formula is C144H95N5. The lowest BCUT2D eigenvalue weighted by Gasteiger charge is -2.17. The van der Waals surface area contributed by atoms with Gasteiger partial charge in [0.1, 0.15) is 0 Å². The molecule has 0 atom stereocenters. The molecule has 0 aliphatic rings. The first-order valence-corrected chi connectivity index (χ1v) is 51.3. The Morgan fingerprint density at radius 3 is 0.477 bits per heavy atom. The SMILES string of the molecule is c1cc(-c2cccc(-c3ccc4c5ccccc5c5ccccc5c4c3)c2)cc(-c2cccc(-n3c4ccccc4c4ccccc43)c2)c1.c1cc(-c2cccc(-c3cccc(-n4c5ccccc5c5ccccc54)c3)c2)cc(-c2cccc(-n3c4ccccc4c4ccccc43)c2)c1.c1ccc(-c2cc(-c3ccccc3)cc(-c3cc(-n4c5ccccc5c5ccccc54)cc(-n4c5ccccc5c5ccccc54)c3)c2)cc1. The first kappa shape index (κ1) is 87.1. The van der Waals surface area contributed by atoms with E-state index in [4.69, 9.17) is 0 Å². The largest absolute Gasteiger partial charge is 0.309 e. The lowest BCUT2D eigenvalue weighted by Crippen LogP contribution is -2.00. The molecule has 25 aromatic carbocycles. The molecule has 0 saturated carbocycles. The van der Waals surface area contributed by atoms with Gasteiger partial charge in [0.2, 0.25) is 0 Å². The maximum atomic E-state index is 2.44. The minimum atomic E-state index is 1.13. The van der Waals surface area contributed by atoms with Gasteiger partial charge in [-0.2, -0.15) is 0 Å². The highest BCUT2D eigenvalue weighted by atomic mass is 15.0. The number of hydrogen-bond acceptors (Lipinski definition) is 0. The number of fused-ring (bicyclic) bond motifs is 21. The molecule has 149 heavy (non-hydrogen) atoms. The summed E-state index contributed by atoms with van der Waals surface area (Å²) in [5.74, 6) is 0. The van der Waals surface area contributed by atoms with Crippen LogP contribution in [0.3, 0.4) is 0 Å². The van der Waals surface area contributed by atoms with Gasteiger partial charge in [-0.15, -0.1) is 0 Å². The van der Waals surface area contributed by atoms with Gasteiger partial charge in [0.05, 0.1) is 55.2 Å². The van der Waals surface area contributed by atoms with E-state index in [9.17, 15) is 0 Å². The van der Waals surface area contributed by atoms with E-state index in [-0.39, 0.29) is 0 Å². The van der Waals surface area contributed by atoms with Crippen molar-refractivity contribution in [3.63, 3.8) is 0 Å². The zero-order valence-corrected chi connectivity index (χ0v) is 81.6. The van der Waals surface area contributed by atoms with Gasteiger partial charge in [-0.05, 0) is 296 Å². The Balaban J connectivity index is 0.000000108. The van der Waals surface area contributed by atoms with Crippen LogP contribution in [-0.2, 0) is 0 Å². The molecule has 0 aliphatic heterocycles. The predicted octanol–water partition coefficient (Wildman–Crippen LogP) is 39.0. The number of aromatic nitrogens is 5. The third-order valence-corrected chi connectivity index (χ3v) is 30.3. The van der Waals surface area contributed by atoms with E-state index in [0.717, 1.165) is 28.3 Å². The van der Waals surface area contributed by atoms with Gasteiger partial charge >= 0.3 is 0 Å². The van der Waals surface area contributed by atoms with Crippen molar-refractivity contribution < 1.29 is 0 Å². The minimum Gasteiger partial charge on any atom is -0.309 e. The van der Waals surface area contributed by atoms with Crippen molar-refractivity contribution in [2.75, 3.05) is 0 Å². The van der Waals surface area contributed by atoms with Crippen LogP contribution in [0.4, 0.5) is 0 Å². The molecule has 0 radical (unpaired) electrons. The summed E-state index contributed by atoms with van der Waals surface area (Å²) < 4.78 is 12.0. The summed E-state index contributed by atoms with van der Waals surface area (Å²) in [6, 6.07) is 210. The zero-order valence-electron chi connectivity index (χ0n) is 81.6. The van der Waals surface area contributed by atoms with Crippen LogP contribution >= 0.6 is 0 Å². The van der Waals surface area contributed by atoms with Gasteiger partial charge in [-0.3, -0.25) is 0 Å². The van der Waals surface area contributed by atoms with E-state index in [1.165, 1.54) is 242 Å². The topological polar surface area (TPSA) is 24.6 Å². The highest BCUT2D eigenvalue weighted by molar-refractivity contribution is 6.26. The van der Waals surface area contributed by atoms with Crippen LogP contribution in [0.15, 0.2) is 576 Å². The number of nitrogens with zero attached hydrogens (tertiary/aromatic N) is 5. The fourth-order valence-corrected chi connectivity index (χ4v) is 23.5. The van der Waals surface area contributed by atoms with Crippen LogP contribution in [0.5, 0.6) is 0 Å². The first-order valence-electron chi connectivity index (χ1n) is 51.3. The second-order valence-corrected chi connectivity index (χ2v) is 38.9. The summed E-state index contributed by atoms with van der Waals surface area (Å²) in [6.07, 6.45) is 0. The second-order valence-electron chi connectivity index (χ2n) is 38.9. The summed E-state index contributed by atoms with van der Waals surface area (Å²) in [6.45, 7) is 0. The highest BCUT2D eigenvalue weighted by Crippen LogP contribution is 2.46. The first-order chi connectivity index (χ1) is 73.9. The van der Waals surface area contributed by atoms with Crippen molar-refractivity contribution >= 4 is 141 Å². The molecule has 0 bridgehead atoms. The molecule has 0 amide bonds. The van der Waals surface area contributed by atoms with E-state index in [1.807, 2.05) is 0 Å². The van der Waals surface area contributed by atoms with E-state index >= 15 is 0 Å². The average Bonchev–Trinajstić information content (AvgIpc) is 1.48. The van der Waals surface area contributed by atoms with Crippen LogP contribution in [0.1, 0.15) is 0 Å². The molecule has 0 aliphatic carbocycles. The molecule has 5 aromatic heterocycles. The third-order valence-electron chi connectivity index (χ3n) is 30.3. The van der Waals surface area contributed by atoms with Gasteiger partial charge in [0.25, 0.3) is 0 Å². The molecule has 30 rings (SSSR count). The summed E-state index contributed by atoms with van der Waals surface area (Å²) in [4.78, 5) is 0.